The number of tetrazole rings is 1. The molecule has 3 aromatic carbocycles. The van der Waals surface area contributed by atoms with Crippen molar-refractivity contribution >= 4 is 22.4 Å². The molecule has 4 heterocycles. The van der Waals surface area contributed by atoms with E-state index in [1.165, 1.54) is 12.3 Å². The SMILES string of the molecule is CC(C)c1nc2cc(N3CCN(c4ccc(-c5ccc(C(F)(F)[C@](O)(Cn6cnnn6)c6ccc(F)cc6F)nc5)cc4)CC3)ccc2[nH]1. The lowest BCUT2D eigenvalue weighted by atomic mass is 9.84. The zero-order valence-electron chi connectivity index (χ0n) is 26.7. The second-order valence-electron chi connectivity index (χ2n) is 12.5. The van der Waals surface area contributed by atoms with E-state index in [-0.39, 0.29) is 0 Å². The average Bonchev–Trinajstić information content (AvgIpc) is 3.78. The molecule has 10 nitrogen and oxygen atoms in total. The molecule has 7 rings (SSSR count). The molecule has 0 aliphatic carbocycles. The second-order valence-corrected chi connectivity index (χ2v) is 12.5. The van der Waals surface area contributed by atoms with Gasteiger partial charge in [-0.05, 0) is 64.5 Å². The van der Waals surface area contributed by atoms with Gasteiger partial charge in [0.05, 0.1) is 17.6 Å². The van der Waals surface area contributed by atoms with Crippen LogP contribution in [-0.2, 0) is 18.1 Å². The molecule has 0 bridgehead atoms. The number of imidazole rings is 1. The van der Waals surface area contributed by atoms with E-state index in [1.54, 1.807) is 0 Å². The number of pyridine rings is 1. The summed E-state index contributed by atoms with van der Waals surface area (Å²) in [6.45, 7) is 6.64. The van der Waals surface area contributed by atoms with Crippen molar-refractivity contribution in [3.63, 3.8) is 0 Å². The highest BCUT2D eigenvalue weighted by Gasteiger charge is 2.58. The van der Waals surface area contributed by atoms with Gasteiger partial charge in [0.2, 0.25) is 0 Å². The van der Waals surface area contributed by atoms with E-state index in [9.17, 15) is 13.9 Å². The summed E-state index contributed by atoms with van der Waals surface area (Å²) in [5.74, 6) is -5.15. The van der Waals surface area contributed by atoms with Crippen molar-refractivity contribution in [3.05, 3.63) is 114 Å². The van der Waals surface area contributed by atoms with E-state index < -0.39 is 41.0 Å². The lowest BCUT2D eigenvalue weighted by molar-refractivity contribution is -0.207. The number of H-pyrrole nitrogens is 1. The van der Waals surface area contributed by atoms with Crippen LogP contribution in [-0.4, -0.2) is 66.4 Å². The predicted octanol–water partition coefficient (Wildman–Crippen LogP) is 6.02. The molecule has 1 fully saturated rings. The average molecular weight is 672 g/mol. The number of hydrogen-bond donors (Lipinski definition) is 2. The molecule has 1 aliphatic rings. The fraction of sp³-hybridized carbons (Fsp3) is 0.286. The molecular weight excluding hydrogens is 638 g/mol. The Morgan fingerprint density at radius 3 is 2.18 bits per heavy atom. The van der Waals surface area contributed by atoms with Crippen LogP contribution in [0.5, 0.6) is 0 Å². The Kier molecular flexibility index (Phi) is 8.27. The summed E-state index contributed by atoms with van der Waals surface area (Å²) in [7, 11) is 0. The van der Waals surface area contributed by atoms with E-state index in [4.69, 9.17) is 4.98 Å². The van der Waals surface area contributed by atoms with Crippen molar-refractivity contribution in [1.82, 2.24) is 35.2 Å². The van der Waals surface area contributed by atoms with E-state index >= 15 is 8.78 Å². The topological polar surface area (TPSA) is 112 Å². The monoisotopic (exact) mass is 671 g/mol. The highest BCUT2D eigenvalue weighted by Crippen LogP contribution is 2.47. The Labute approximate surface area is 279 Å². The number of aromatic amines is 1. The summed E-state index contributed by atoms with van der Waals surface area (Å²) in [6.07, 6.45) is 2.28. The van der Waals surface area contributed by atoms with E-state index in [1.807, 2.05) is 24.3 Å². The molecule has 1 aliphatic heterocycles. The first-order valence-corrected chi connectivity index (χ1v) is 15.8. The molecule has 2 N–H and O–H groups in total. The second kappa shape index (κ2) is 12.6. The van der Waals surface area contributed by atoms with Gasteiger partial charge in [-0.1, -0.05) is 32.0 Å². The number of nitrogens with zero attached hydrogens (tertiary/aromatic N) is 8. The van der Waals surface area contributed by atoms with Gasteiger partial charge in [-0.2, -0.15) is 8.78 Å². The van der Waals surface area contributed by atoms with Crippen molar-refractivity contribution in [2.24, 2.45) is 0 Å². The standard InChI is InChI=1S/C35H33F4N9O/c1-22(2)33-42-30-11-9-27(18-31(30)43-33)47-15-13-46(14-16-47)26-7-3-23(4-8-26)24-5-12-32(40-19-24)35(38,39)34(49,20-48-21-41-44-45-48)28-10-6-25(36)17-29(28)37/h3-12,17-19,21-22,49H,13-16,20H2,1-2H3,(H,42,43)/t34-/m0/s1. The molecule has 0 spiro atoms. The third-order valence-electron chi connectivity index (χ3n) is 9.01. The third-order valence-corrected chi connectivity index (χ3v) is 9.01. The van der Waals surface area contributed by atoms with Crippen molar-refractivity contribution < 1.29 is 22.7 Å². The molecule has 0 radical (unpaired) electrons. The summed E-state index contributed by atoms with van der Waals surface area (Å²) in [5.41, 5.74) is 0.671. The van der Waals surface area contributed by atoms with E-state index in [2.05, 4.69) is 67.3 Å². The summed E-state index contributed by atoms with van der Waals surface area (Å²) in [6, 6.07) is 18.7. The van der Waals surface area contributed by atoms with Gasteiger partial charge in [-0.3, -0.25) is 4.98 Å². The highest BCUT2D eigenvalue weighted by atomic mass is 19.3. The van der Waals surface area contributed by atoms with Gasteiger partial charge < -0.3 is 19.9 Å². The van der Waals surface area contributed by atoms with Crippen LogP contribution in [0, 0.1) is 11.6 Å². The van der Waals surface area contributed by atoms with Crippen LogP contribution in [0.3, 0.4) is 0 Å². The number of fused-ring (bicyclic) bond motifs is 1. The number of anilines is 2. The number of aliphatic hydroxyl groups is 1. The Bertz CT molecular complexity index is 2060. The van der Waals surface area contributed by atoms with Gasteiger partial charge in [0.25, 0.3) is 0 Å². The number of halogens is 4. The molecule has 1 saturated heterocycles. The first-order valence-electron chi connectivity index (χ1n) is 15.8. The molecule has 0 amide bonds. The quantitative estimate of drug-likeness (QED) is 0.180. The number of benzene rings is 3. The Hall–Kier alpha value is -5.37. The Morgan fingerprint density at radius 2 is 1.55 bits per heavy atom. The number of rotatable bonds is 9. The third kappa shape index (κ3) is 6.07. The van der Waals surface area contributed by atoms with Crippen LogP contribution in [0.15, 0.2) is 85.3 Å². The molecular formula is C35H33F4N9O. The normalized spacial score (nSPS) is 15.3. The van der Waals surface area contributed by atoms with Crippen LogP contribution >= 0.6 is 0 Å². The largest absolute Gasteiger partial charge is 0.377 e. The summed E-state index contributed by atoms with van der Waals surface area (Å²) in [5, 5.41) is 21.8. The van der Waals surface area contributed by atoms with Gasteiger partial charge >= 0.3 is 5.92 Å². The maximum absolute atomic E-state index is 16.1. The van der Waals surface area contributed by atoms with Gasteiger partial charge in [-0.25, -0.2) is 18.4 Å². The van der Waals surface area contributed by atoms with E-state index in [0.29, 0.717) is 17.5 Å². The lowest BCUT2D eigenvalue weighted by Gasteiger charge is -2.37. The van der Waals surface area contributed by atoms with Crippen molar-refractivity contribution in [2.45, 2.75) is 37.8 Å². The molecule has 3 aromatic heterocycles. The molecule has 252 valence electrons. The zero-order chi connectivity index (χ0) is 34.3. The maximum atomic E-state index is 16.1. The first-order chi connectivity index (χ1) is 23.5. The lowest BCUT2D eigenvalue weighted by Crippen LogP contribution is -2.48. The number of nitrogens with one attached hydrogen (secondary N) is 1. The smallest absolute Gasteiger partial charge is 0.323 e. The molecule has 0 saturated carbocycles. The zero-order valence-corrected chi connectivity index (χ0v) is 26.7. The first kappa shape index (κ1) is 32.2. The van der Waals surface area contributed by atoms with Gasteiger partial charge in [0, 0.05) is 66.9 Å². The van der Waals surface area contributed by atoms with Gasteiger partial charge in [0.15, 0.2) is 5.60 Å². The molecule has 1 atom stereocenters. The number of aromatic nitrogens is 7. The van der Waals surface area contributed by atoms with Crippen LogP contribution in [0.1, 0.15) is 36.8 Å². The van der Waals surface area contributed by atoms with Gasteiger partial charge in [0.1, 0.15) is 29.5 Å². The van der Waals surface area contributed by atoms with Crippen LogP contribution in [0.4, 0.5) is 28.9 Å². The Balaban J connectivity index is 1.05. The number of alkyl halides is 2. The van der Waals surface area contributed by atoms with Gasteiger partial charge in [-0.15, -0.1) is 5.10 Å². The van der Waals surface area contributed by atoms with Crippen LogP contribution < -0.4 is 9.80 Å². The highest BCUT2D eigenvalue weighted by molar-refractivity contribution is 5.80. The van der Waals surface area contributed by atoms with E-state index in [0.717, 1.165) is 89.2 Å². The fourth-order valence-electron chi connectivity index (χ4n) is 6.20. The molecule has 0 unspecified atom stereocenters. The summed E-state index contributed by atoms with van der Waals surface area (Å²) >= 11 is 0. The van der Waals surface area contributed by atoms with Crippen molar-refractivity contribution in [2.75, 3.05) is 36.0 Å². The molecule has 49 heavy (non-hydrogen) atoms. The molecule has 14 heteroatoms. The minimum atomic E-state index is -4.14. The number of piperazine rings is 1. The minimum Gasteiger partial charge on any atom is -0.377 e. The maximum Gasteiger partial charge on any atom is 0.323 e. The summed E-state index contributed by atoms with van der Waals surface area (Å²) < 4.78 is 61.6. The predicted molar refractivity (Wildman–Crippen MR) is 176 cm³/mol. The van der Waals surface area contributed by atoms with Crippen molar-refractivity contribution in [3.8, 4) is 11.1 Å². The number of hydrogen-bond acceptors (Lipinski definition) is 8. The Morgan fingerprint density at radius 1 is 0.857 bits per heavy atom. The molecule has 6 aromatic rings. The van der Waals surface area contributed by atoms with Crippen LogP contribution in [0.2, 0.25) is 0 Å². The minimum absolute atomic E-state index is 0.327. The van der Waals surface area contributed by atoms with Crippen molar-refractivity contribution in [1.29, 1.82) is 0 Å². The van der Waals surface area contributed by atoms with Crippen LogP contribution in [0.25, 0.3) is 22.2 Å². The summed E-state index contributed by atoms with van der Waals surface area (Å²) in [4.78, 5) is 16.8. The fourth-order valence-corrected chi connectivity index (χ4v) is 6.20.